The number of hydrogen-bond acceptors (Lipinski definition) is 4. The van der Waals surface area contributed by atoms with Crippen LogP contribution >= 0.6 is 0 Å². The Balaban J connectivity index is 1.66. The highest BCUT2D eigenvalue weighted by atomic mass is 16.5. The molecule has 0 N–H and O–H groups in total. The predicted molar refractivity (Wildman–Crippen MR) is 127 cm³/mol. The molecule has 1 aliphatic carbocycles. The summed E-state index contributed by atoms with van der Waals surface area (Å²) < 4.78 is 5.71. The van der Waals surface area contributed by atoms with Gasteiger partial charge in [-0.1, -0.05) is 74.0 Å². The van der Waals surface area contributed by atoms with Crippen molar-refractivity contribution >= 4 is 17.5 Å². The predicted octanol–water partition coefficient (Wildman–Crippen LogP) is 5.60. The molecule has 0 bridgehead atoms. The van der Waals surface area contributed by atoms with E-state index in [1.54, 1.807) is 0 Å². The molecule has 4 heteroatoms. The number of ketones is 1. The zero-order valence-electron chi connectivity index (χ0n) is 19.4. The Morgan fingerprint density at radius 1 is 1.00 bits per heavy atom. The highest BCUT2D eigenvalue weighted by Gasteiger charge is 2.47. The lowest BCUT2D eigenvalue weighted by Gasteiger charge is -2.41. The first-order chi connectivity index (χ1) is 15.2. The SMILES string of the molecule is CC1=C(C(=O)OCCc2ccccc2)[C@H](c2ccc(C)cc2)C2C(=O)CC(C)(C)CC2=N1. The van der Waals surface area contributed by atoms with Gasteiger partial charge in [-0.25, -0.2) is 4.79 Å². The average molecular weight is 430 g/mol. The smallest absolute Gasteiger partial charge is 0.336 e. The molecule has 0 aromatic heterocycles. The summed E-state index contributed by atoms with van der Waals surface area (Å²) >= 11 is 0. The van der Waals surface area contributed by atoms with E-state index in [9.17, 15) is 9.59 Å². The Kier molecular flexibility index (Phi) is 6.14. The quantitative estimate of drug-likeness (QED) is 0.582. The summed E-state index contributed by atoms with van der Waals surface area (Å²) in [6.07, 6.45) is 1.91. The zero-order valence-corrected chi connectivity index (χ0v) is 19.4. The fourth-order valence-corrected chi connectivity index (χ4v) is 4.98. The molecule has 2 aromatic rings. The van der Waals surface area contributed by atoms with E-state index in [2.05, 4.69) is 13.8 Å². The number of aryl methyl sites for hydroxylation is 1. The first-order valence-corrected chi connectivity index (χ1v) is 11.3. The van der Waals surface area contributed by atoms with Gasteiger partial charge in [0.15, 0.2) is 0 Å². The van der Waals surface area contributed by atoms with E-state index >= 15 is 0 Å². The number of aliphatic imine (C=N–C) groups is 1. The van der Waals surface area contributed by atoms with E-state index < -0.39 is 5.92 Å². The van der Waals surface area contributed by atoms with Crippen LogP contribution < -0.4 is 0 Å². The van der Waals surface area contributed by atoms with Gasteiger partial charge in [0.1, 0.15) is 5.78 Å². The molecular weight excluding hydrogens is 398 g/mol. The van der Waals surface area contributed by atoms with Gasteiger partial charge in [0.25, 0.3) is 0 Å². The van der Waals surface area contributed by atoms with Gasteiger partial charge in [0, 0.05) is 30.2 Å². The van der Waals surface area contributed by atoms with Crippen LogP contribution in [0.3, 0.4) is 0 Å². The second-order valence-corrected chi connectivity index (χ2v) is 9.82. The fraction of sp³-hybridized carbons (Fsp3) is 0.393. The zero-order chi connectivity index (χ0) is 22.9. The molecule has 0 saturated heterocycles. The molecule has 1 unspecified atom stereocenters. The molecule has 0 amide bonds. The minimum Gasteiger partial charge on any atom is -0.462 e. The van der Waals surface area contributed by atoms with Crippen LogP contribution in [0.25, 0.3) is 0 Å². The first-order valence-electron chi connectivity index (χ1n) is 11.3. The van der Waals surface area contributed by atoms with Crippen molar-refractivity contribution in [3.8, 4) is 0 Å². The Bertz CT molecular complexity index is 1080. The second kappa shape index (κ2) is 8.85. The largest absolute Gasteiger partial charge is 0.462 e. The molecule has 2 atom stereocenters. The summed E-state index contributed by atoms with van der Waals surface area (Å²) in [4.78, 5) is 31.4. The Morgan fingerprint density at radius 2 is 1.69 bits per heavy atom. The standard InChI is InChI=1S/C28H31NO3/c1-18-10-12-21(13-11-18)25-24(27(31)32-15-14-20-8-6-5-7-9-20)19(2)29-22-16-28(3,4)17-23(30)26(22)25/h5-13,25-26H,14-17H2,1-4H3/t25-,26?/m0/s1. The van der Waals surface area contributed by atoms with E-state index in [0.717, 1.165) is 28.8 Å². The van der Waals surface area contributed by atoms with Crippen LogP contribution in [0, 0.1) is 18.3 Å². The second-order valence-electron chi connectivity index (χ2n) is 9.82. The molecule has 0 spiro atoms. The molecule has 1 fully saturated rings. The molecule has 1 heterocycles. The van der Waals surface area contributed by atoms with Gasteiger partial charge in [-0.05, 0) is 36.8 Å². The third-order valence-electron chi connectivity index (χ3n) is 6.49. The van der Waals surface area contributed by atoms with Crippen LogP contribution in [-0.2, 0) is 20.7 Å². The highest BCUT2D eigenvalue weighted by molar-refractivity contribution is 6.12. The third-order valence-corrected chi connectivity index (χ3v) is 6.49. The van der Waals surface area contributed by atoms with Crippen molar-refractivity contribution in [2.24, 2.45) is 16.3 Å². The average Bonchev–Trinajstić information content (AvgIpc) is 2.73. The molecule has 4 nitrogen and oxygen atoms in total. The van der Waals surface area contributed by atoms with Gasteiger partial charge in [-0.2, -0.15) is 0 Å². The Hall–Kier alpha value is -3.01. The summed E-state index contributed by atoms with van der Waals surface area (Å²) in [5.74, 6) is -0.959. The number of fused-ring (bicyclic) bond motifs is 1. The number of carbonyl (C=O) groups is 2. The van der Waals surface area contributed by atoms with Gasteiger partial charge in [0.05, 0.1) is 18.1 Å². The maximum absolute atomic E-state index is 13.3. The van der Waals surface area contributed by atoms with Crippen molar-refractivity contribution in [1.29, 1.82) is 0 Å². The summed E-state index contributed by atoms with van der Waals surface area (Å²) in [7, 11) is 0. The molecule has 0 radical (unpaired) electrons. The molecule has 1 aliphatic heterocycles. The van der Waals surface area contributed by atoms with E-state index in [4.69, 9.17) is 9.73 Å². The van der Waals surface area contributed by atoms with Crippen LogP contribution in [0.5, 0.6) is 0 Å². The van der Waals surface area contributed by atoms with E-state index in [1.165, 1.54) is 0 Å². The van der Waals surface area contributed by atoms with Crippen LogP contribution in [0.2, 0.25) is 0 Å². The maximum Gasteiger partial charge on any atom is 0.336 e. The number of carbonyl (C=O) groups excluding carboxylic acids is 2. The third kappa shape index (κ3) is 4.59. The van der Waals surface area contributed by atoms with Crippen LogP contribution in [0.15, 0.2) is 70.9 Å². The highest BCUT2D eigenvalue weighted by Crippen LogP contribution is 2.47. The normalized spacial score (nSPS) is 22.2. The number of allylic oxidation sites excluding steroid dienone is 1. The molecule has 1 saturated carbocycles. The number of ether oxygens (including phenoxy) is 1. The Labute approximate surface area is 190 Å². The van der Waals surface area contributed by atoms with Crippen molar-refractivity contribution < 1.29 is 14.3 Å². The topological polar surface area (TPSA) is 55.7 Å². The van der Waals surface area contributed by atoms with Gasteiger partial charge in [-0.15, -0.1) is 0 Å². The minimum atomic E-state index is -0.397. The van der Waals surface area contributed by atoms with Gasteiger partial charge >= 0.3 is 5.97 Å². The number of esters is 1. The number of nitrogens with zero attached hydrogens (tertiary/aromatic N) is 1. The molecule has 166 valence electrons. The van der Waals surface area contributed by atoms with Crippen molar-refractivity contribution in [2.75, 3.05) is 6.61 Å². The lowest BCUT2D eigenvalue weighted by Crippen LogP contribution is -2.44. The number of Topliss-reactive ketones (excluding diaryl/α,β-unsaturated/α-hetero) is 1. The van der Waals surface area contributed by atoms with Crippen LogP contribution in [0.1, 0.15) is 56.2 Å². The van der Waals surface area contributed by atoms with Crippen molar-refractivity contribution in [2.45, 2.75) is 52.9 Å². The number of rotatable bonds is 5. The van der Waals surface area contributed by atoms with E-state index in [-0.39, 0.29) is 23.1 Å². The lowest BCUT2D eigenvalue weighted by atomic mass is 9.63. The van der Waals surface area contributed by atoms with Crippen molar-refractivity contribution in [3.05, 3.63) is 82.6 Å². The van der Waals surface area contributed by atoms with Crippen molar-refractivity contribution in [1.82, 2.24) is 0 Å². The molecule has 2 aliphatic rings. The minimum absolute atomic E-state index is 0.113. The van der Waals surface area contributed by atoms with E-state index in [1.807, 2.05) is 68.4 Å². The van der Waals surface area contributed by atoms with Crippen LogP contribution in [-0.4, -0.2) is 24.1 Å². The van der Waals surface area contributed by atoms with E-state index in [0.29, 0.717) is 30.7 Å². The van der Waals surface area contributed by atoms with Crippen LogP contribution in [0.4, 0.5) is 0 Å². The molecular formula is C28H31NO3. The summed E-state index contributed by atoms with van der Waals surface area (Å²) in [6, 6.07) is 18.1. The Morgan fingerprint density at radius 3 is 2.38 bits per heavy atom. The summed E-state index contributed by atoms with van der Waals surface area (Å²) in [5, 5.41) is 0. The van der Waals surface area contributed by atoms with Crippen molar-refractivity contribution in [3.63, 3.8) is 0 Å². The lowest BCUT2D eigenvalue weighted by molar-refractivity contribution is -0.139. The van der Waals surface area contributed by atoms with Gasteiger partial charge < -0.3 is 4.74 Å². The number of benzene rings is 2. The van der Waals surface area contributed by atoms with Gasteiger partial charge in [-0.3, -0.25) is 9.79 Å². The molecule has 2 aromatic carbocycles. The monoisotopic (exact) mass is 429 g/mol. The number of hydrogen-bond donors (Lipinski definition) is 0. The fourth-order valence-electron chi connectivity index (χ4n) is 4.98. The molecule has 4 rings (SSSR count). The molecule has 32 heavy (non-hydrogen) atoms. The maximum atomic E-state index is 13.3. The first kappa shape index (κ1) is 22.2. The van der Waals surface area contributed by atoms with Gasteiger partial charge in [0.2, 0.25) is 0 Å². The summed E-state index contributed by atoms with van der Waals surface area (Å²) in [6.45, 7) is 8.41. The summed E-state index contributed by atoms with van der Waals surface area (Å²) in [5.41, 5.74) is 5.20.